The van der Waals surface area contributed by atoms with E-state index >= 15 is 0 Å². The standard InChI is InChI=1S/C18H14FN3O/c1-12-20-10-9-17(21-12)13-5-4-6-14(11-13)22-18(23)15-7-2-3-8-16(15)19/h2-11H,1H3,(H,22,23). The fourth-order valence-electron chi connectivity index (χ4n) is 2.22. The van der Waals surface area contributed by atoms with E-state index in [2.05, 4.69) is 15.3 Å². The summed E-state index contributed by atoms with van der Waals surface area (Å²) in [6.45, 7) is 1.81. The first-order chi connectivity index (χ1) is 11.1. The Morgan fingerprint density at radius 2 is 1.91 bits per heavy atom. The van der Waals surface area contributed by atoms with Crippen molar-refractivity contribution in [3.63, 3.8) is 0 Å². The molecular weight excluding hydrogens is 293 g/mol. The summed E-state index contributed by atoms with van der Waals surface area (Å²) in [4.78, 5) is 20.6. The van der Waals surface area contributed by atoms with Crippen molar-refractivity contribution >= 4 is 11.6 Å². The van der Waals surface area contributed by atoms with Crippen molar-refractivity contribution in [1.82, 2.24) is 9.97 Å². The lowest BCUT2D eigenvalue weighted by molar-refractivity contribution is 0.102. The number of benzene rings is 2. The molecule has 0 spiro atoms. The molecule has 0 unspecified atom stereocenters. The molecule has 4 nitrogen and oxygen atoms in total. The number of hydrogen-bond acceptors (Lipinski definition) is 3. The zero-order chi connectivity index (χ0) is 16.2. The van der Waals surface area contributed by atoms with E-state index in [1.807, 2.05) is 19.1 Å². The number of amides is 1. The third kappa shape index (κ3) is 3.40. The number of aromatic nitrogens is 2. The first kappa shape index (κ1) is 14.8. The number of anilines is 1. The van der Waals surface area contributed by atoms with E-state index in [-0.39, 0.29) is 5.56 Å². The van der Waals surface area contributed by atoms with Crippen LogP contribution in [0.2, 0.25) is 0 Å². The molecule has 0 radical (unpaired) electrons. The number of rotatable bonds is 3. The summed E-state index contributed by atoms with van der Waals surface area (Å²) in [5.41, 5.74) is 2.20. The number of nitrogens with zero attached hydrogens (tertiary/aromatic N) is 2. The molecule has 114 valence electrons. The SMILES string of the molecule is Cc1nccc(-c2cccc(NC(=O)c3ccccc3F)c2)n1. The molecule has 0 bridgehead atoms. The largest absolute Gasteiger partial charge is 0.322 e. The lowest BCUT2D eigenvalue weighted by Crippen LogP contribution is -2.13. The van der Waals surface area contributed by atoms with Gasteiger partial charge >= 0.3 is 0 Å². The quantitative estimate of drug-likeness (QED) is 0.799. The smallest absolute Gasteiger partial charge is 0.258 e. The van der Waals surface area contributed by atoms with Crippen LogP contribution >= 0.6 is 0 Å². The minimum atomic E-state index is -0.549. The van der Waals surface area contributed by atoms with Crippen molar-refractivity contribution < 1.29 is 9.18 Å². The summed E-state index contributed by atoms with van der Waals surface area (Å²) in [7, 11) is 0. The highest BCUT2D eigenvalue weighted by Gasteiger charge is 2.11. The van der Waals surface area contributed by atoms with Gasteiger partial charge in [0.25, 0.3) is 5.91 Å². The van der Waals surface area contributed by atoms with Gasteiger partial charge in [0.05, 0.1) is 11.3 Å². The van der Waals surface area contributed by atoms with Crippen molar-refractivity contribution in [2.24, 2.45) is 0 Å². The van der Waals surface area contributed by atoms with Gasteiger partial charge < -0.3 is 5.32 Å². The van der Waals surface area contributed by atoms with Gasteiger partial charge in [0, 0.05) is 17.4 Å². The molecule has 1 aromatic heterocycles. The number of aryl methyl sites for hydroxylation is 1. The molecule has 0 aliphatic heterocycles. The predicted molar refractivity (Wildman–Crippen MR) is 86.6 cm³/mol. The fraction of sp³-hybridized carbons (Fsp3) is 0.0556. The highest BCUT2D eigenvalue weighted by Crippen LogP contribution is 2.21. The Kier molecular flexibility index (Phi) is 4.10. The molecule has 1 amide bonds. The molecule has 1 N–H and O–H groups in total. The topological polar surface area (TPSA) is 54.9 Å². The van der Waals surface area contributed by atoms with Gasteiger partial charge in [0.15, 0.2) is 0 Å². The number of nitrogens with one attached hydrogen (secondary N) is 1. The van der Waals surface area contributed by atoms with Gasteiger partial charge in [-0.25, -0.2) is 14.4 Å². The Hall–Kier alpha value is -3.08. The zero-order valence-electron chi connectivity index (χ0n) is 12.5. The van der Waals surface area contributed by atoms with E-state index in [1.165, 1.54) is 12.1 Å². The number of carbonyl (C=O) groups is 1. The zero-order valence-corrected chi connectivity index (χ0v) is 12.5. The second-order valence-corrected chi connectivity index (χ2v) is 5.00. The summed E-state index contributed by atoms with van der Waals surface area (Å²) in [5.74, 6) is -0.366. The van der Waals surface area contributed by atoms with E-state index in [0.29, 0.717) is 11.5 Å². The highest BCUT2D eigenvalue weighted by molar-refractivity contribution is 6.04. The van der Waals surface area contributed by atoms with Gasteiger partial charge in [-0.3, -0.25) is 4.79 Å². The van der Waals surface area contributed by atoms with Crippen LogP contribution in [0.4, 0.5) is 10.1 Å². The van der Waals surface area contributed by atoms with E-state index in [9.17, 15) is 9.18 Å². The lowest BCUT2D eigenvalue weighted by Gasteiger charge is -2.08. The van der Waals surface area contributed by atoms with Gasteiger partial charge in [0.1, 0.15) is 11.6 Å². The second-order valence-electron chi connectivity index (χ2n) is 5.00. The average molecular weight is 307 g/mol. The molecule has 2 aromatic carbocycles. The molecule has 5 heteroatoms. The van der Waals surface area contributed by atoms with Crippen LogP contribution in [0.25, 0.3) is 11.3 Å². The van der Waals surface area contributed by atoms with Crippen LogP contribution < -0.4 is 5.32 Å². The first-order valence-electron chi connectivity index (χ1n) is 7.09. The third-order valence-corrected chi connectivity index (χ3v) is 3.31. The van der Waals surface area contributed by atoms with Gasteiger partial charge in [-0.1, -0.05) is 24.3 Å². The van der Waals surface area contributed by atoms with Crippen molar-refractivity contribution in [2.75, 3.05) is 5.32 Å². The minimum Gasteiger partial charge on any atom is -0.322 e. The molecule has 0 saturated carbocycles. The molecule has 1 heterocycles. The number of carbonyl (C=O) groups excluding carboxylic acids is 1. The number of halogens is 1. The molecule has 0 saturated heterocycles. The van der Waals surface area contributed by atoms with E-state index < -0.39 is 11.7 Å². The van der Waals surface area contributed by atoms with E-state index in [4.69, 9.17) is 0 Å². The highest BCUT2D eigenvalue weighted by atomic mass is 19.1. The summed E-state index contributed by atoms with van der Waals surface area (Å²) in [6, 6.07) is 14.9. The molecule has 3 aromatic rings. The molecular formula is C18H14FN3O. The van der Waals surface area contributed by atoms with Crippen molar-refractivity contribution in [1.29, 1.82) is 0 Å². The minimum absolute atomic E-state index is 0.00998. The summed E-state index contributed by atoms with van der Waals surface area (Å²) >= 11 is 0. The van der Waals surface area contributed by atoms with E-state index in [1.54, 1.807) is 36.5 Å². The predicted octanol–water partition coefficient (Wildman–Crippen LogP) is 3.84. The van der Waals surface area contributed by atoms with Gasteiger partial charge in [-0.2, -0.15) is 0 Å². The van der Waals surface area contributed by atoms with Gasteiger partial charge in [0.2, 0.25) is 0 Å². The Morgan fingerprint density at radius 1 is 1.09 bits per heavy atom. The van der Waals surface area contributed by atoms with Crippen molar-refractivity contribution in [2.45, 2.75) is 6.92 Å². The van der Waals surface area contributed by atoms with Crippen LogP contribution in [0.5, 0.6) is 0 Å². The van der Waals surface area contributed by atoms with Crippen LogP contribution in [-0.4, -0.2) is 15.9 Å². The van der Waals surface area contributed by atoms with Gasteiger partial charge in [-0.05, 0) is 37.3 Å². The van der Waals surface area contributed by atoms with E-state index in [0.717, 1.165) is 11.3 Å². The van der Waals surface area contributed by atoms with Crippen LogP contribution in [0.15, 0.2) is 60.8 Å². The maximum Gasteiger partial charge on any atom is 0.258 e. The first-order valence-corrected chi connectivity index (χ1v) is 7.09. The van der Waals surface area contributed by atoms with Crippen LogP contribution in [0.3, 0.4) is 0 Å². The molecule has 0 fully saturated rings. The molecule has 0 aliphatic rings. The molecule has 0 aliphatic carbocycles. The number of hydrogen-bond donors (Lipinski definition) is 1. The molecule has 23 heavy (non-hydrogen) atoms. The summed E-state index contributed by atoms with van der Waals surface area (Å²) in [6.07, 6.45) is 1.68. The third-order valence-electron chi connectivity index (χ3n) is 3.31. The maximum atomic E-state index is 13.7. The van der Waals surface area contributed by atoms with Crippen LogP contribution in [0.1, 0.15) is 16.2 Å². The molecule has 0 atom stereocenters. The Balaban J connectivity index is 1.86. The Bertz CT molecular complexity index is 864. The van der Waals surface area contributed by atoms with Crippen molar-refractivity contribution in [3.8, 4) is 11.3 Å². The summed E-state index contributed by atoms with van der Waals surface area (Å²) in [5, 5.41) is 2.70. The Labute approximate surface area is 133 Å². The second kappa shape index (κ2) is 6.36. The van der Waals surface area contributed by atoms with Crippen LogP contribution in [0, 0.1) is 12.7 Å². The normalized spacial score (nSPS) is 10.3. The maximum absolute atomic E-state index is 13.7. The Morgan fingerprint density at radius 3 is 2.70 bits per heavy atom. The fourth-order valence-corrected chi connectivity index (χ4v) is 2.22. The lowest BCUT2D eigenvalue weighted by atomic mass is 10.1. The average Bonchev–Trinajstić information content (AvgIpc) is 2.55. The monoisotopic (exact) mass is 307 g/mol. The van der Waals surface area contributed by atoms with Crippen LogP contribution in [-0.2, 0) is 0 Å². The summed E-state index contributed by atoms with van der Waals surface area (Å²) < 4.78 is 13.7. The van der Waals surface area contributed by atoms with Gasteiger partial charge in [-0.15, -0.1) is 0 Å². The van der Waals surface area contributed by atoms with Crippen molar-refractivity contribution in [3.05, 3.63) is 78.0 Å². The molecule has 3 rings (SSSR count).